The van der Waals surface area contributed by atoms with E-state index < -0.39 is 0 Å². The summed E-state index contributed by atoms with van der Waals surface area (Å²) in [5.74, 6) is -0.181. The van der Waals surface area contributed by atoms with Crippen LogP contribution in [0.25, 0.3) is 0 Å². The molecule has 1 amide bonds. The minimum absolute atomic E-state index is 0.0703. The van der Waals surface area contributed by atoms with Crippen LogP contribution in [0.15, 0.2) is 0 Å². The molecule has 1 saturated carbocycles. The lowest BCUT2D eigenvalue weighted by Gasteiger charge is -2.43. The molecule has 1 aliphatic carbocycles. The maximum Gasteiger partial charge on any atom is 0.236 e. The van der Waals surface area contributed by atoms with E-state index in [0.717, 1.165) is 19.6 Å². The van der Waals surface area contributed by atoms with Crippen LogP contribution < -0.4 is 11.1 Å². The number of carbonyl (C=O) groups is 1. The van der Waals surface area contributed by atoms with Gasteiger partial charge in [-0.1, -0.05) is 6.42 Å². The predicted molar refractivity (Wildman–Crippen MR) is 50.2 cm³/mol. The van der Waals surface area contributed by atoms with Crippen LogP contribution in [-0.2, 0) is 4.79 Å². The molecule has 0 spiro atoms. The lowest BCUT2D eigenvalue weighted by molar-refractivity contribution is -0.125. The normalized spacial score (nSPS) is 31.2. The van der Waals surface area contributed by atoms with E-state index in [1.54, 1.807) is 0 Å². The number of nitrogens with two attached hydrogens (primary N) is 1. The third-order valence-corrected chi connectivity index (χ3v) is 3.16. The van der Waals surface area contributed by atoms with Gasteiger partial charge in [-0.25, -0.2) is 0 Å². The van der Waals surface area contributed by atoms with Crippen LogP contribution in [0.2, 0.25) is 0 Å². The van der Waals surface area contributed by atoms with Crippen molar-refractivity contribution in [1.82, 2.24) is 10.2 Å². The first kappa shape index (κ1) is 8.97. The molecule has 2 rings (SSSR count). The first-order valence-electron chi connectivity index (χ1n) is 5.05. The monoisotopic (exact) mass is 183 g/mol. The maximum atomic E-state index is 11.1. The molecule has 1 saturated heterocycles. The molecule has 1 heterocycles. The summed E-state index contributed by atoms with van der Waals surface area (Å²) in [4.78, 5) is 13.4. The van der Waals surface area contributed by atoms with Crippen LogP contribution in [0.4, 0.5) is 0 Å². The van der Waals surface area contributed by atoms with Gasteiger partial charge < -0.3 is 11.1 Å². The average molecular weight is 183 g/mol. The molecule has 3 N–H and O–H groups in total. The van der Waals surface area contributed by atoms with Crippen LogP contribution in [0, 0.1) is 0 Å². The molecule has 0 aromatic carbocycles. The molecule has 0 radical (unpaired) electrons. The second-order valence-corrected chi connectivity index (χ2v) is 3.94. The standard InChI is InChI=1S/C9H17N3O/c10-9(13)8-6-11-4-5-12(8)7-2-1-3-7/h7-8,11H,1-6H2,(H2,10,13). The van der Waals surface area contributed by atoms with E-state index in [2.05, 4.69) is 10.2 Å². The number of rotatable bonds is 2. The van der Waals surface area contributed by atoms with Gasteiger partial charge in [0.05, 0.1) is 0 Å². The fourth-order valence-electron chi connectivity index (χ4n) is 2.14. The summed E-state index contributed by atoms with van der Waals surface area (Å²) in [6, 6.07) is 0.554. The fraction of sp³-hybridized carbons (Fsp3) is 0.889. The zero-order chi connectivity index (χ0) is 9.26. The van der Waals surface area contributed by atoms with Crippen molar-refractivity contribution >= 4 is 5.91 Å². The Morgan fingerprint density at radius 1 is 1.46 bits per heavy atom. The second-order valence-electron chi connectivity index (χ2n) is 3.94. The minimum Gasteiger partial charge on any atom is -0.368 e. The van der Waals surface area contributed by atoms with Crippen molar-refractivity contribution in [3.8, 4) is 0 Å². The third-order valence-electron chi connectivity index (χ3n) is 3.16. The molecule has 1 unspecified atom stereocenters. The lowest BCUT2D eigenvalue weighted by atomic mass is 9.89. The van der Waals surface area contributed by atoms with Gasteiger partial charge in [-0.15, -0.1) is 0 Å². The van der Waals surface area contributed by atoms with Crippen molar-refractivity contribution in [2.24, 2.45) is 5.73 Å². The number of nitrogens with zero attached hydrogens (tertiary/aromatic N) is 1. The van der Waals surface area contributed by atoms with Crippen LogP contribution in [0.1, 0.15) is 19.3 Å². The number of hydrogen-bond acceptors (Lipinski definition) is 3. The van der Waals surface area contributed by atoms with Crippen molar-refractivity contribution in [3.05, 3.63) is 0 Å². The Hall–Kier alpha value is -0.610. The summed E-state index contributed by atoms with van der Waals surface area (Å²) in [6.45, 7) is 2.68. The Kier molecular flexibility index (Phi) is 2.51. The minimum atomic E-state index is -0.181. The van der Waals surface area contributed by atoms with E-state index in [1.165, 1.54) is 19.3 Å². The average Bonchev–Trinajstić information content (AvgIpc) is 2.02. The molecule has 4 nitrogen and oxygen atoms in total. The highest BCUT2D eigenvalue weighted by atomic mass is 16.1. The Bertz CT molecular complexity index is 203. The predicted octanol–water partition coefficient (Wildman–Crippen LogP) is -0.702. The molecule has 13 heavy (non-hydrogen) atoms. The van der Waals surface area contributed by atoms with Gasteiger partial charge in [-0.2, -0.15) is 0 Å². The van der Waals surface area contributed by atoms with Gasteiger partial charge >= 0.3 is 0 Å². The van der Waals surface area contributed by atoms with Crippen LogP contribution in [0.5, 0.6) is 0 Å². The van der Waals surface area contributed by atoms with Crippen molar-refractivity contribution in [3.63, 3.8) is 0 Å². The number of piperazine rings is 1. The van der Waals surface area contributed by atoms with E-state index >= 15 is 0 Å². The smallest absolute Gasteiger partial charge is 0.236 e. The Balaban J connectivity index is 1.99. The Morgan fingerprint density at radius 2 is 2.23 bits per heavy atom. The molecular formula is C9H17N3O. The highest BCUT2D eigenvalue weighted by molar-refractivity contribution is 5.80. The molecule has 4 heteroatoms. The van der Waals surface area contributed by atoms with Gasteiger partial charge in [-0.3, -0.25) is 9.69 Å². The molecule has 74 valence electrons. The van der Waals surface area contributed by atoms with E-state index in [1.807, 2.05) is 0 Å². The first-order chi connectivity index (χ1) is 6.29. The summed E-state index contributed by atoms with van der Waals surface area (Å²) in [5.41, 5.74) is 5.35. The van der Waals surface area contributed by atoms with Gasteiger partial charge in [0.1, 0.15) is 6.04 Å². The first-order valence-corrected chi connectivity index (χ1v) is 5.05. The highest BCUT2D eigenvalue weighted by Crippen LogP contribution is 2.26. The molecule has 0 bridgehead atoms. The van der Waals surface area contributed by atoms with Crippen LogP contribution in [-0.4, -0.2) is 42.5 Å². The summed E-state index contributed by atoms with van der Waals surface area (Å²) >= 11 is 0. The van der Waals surface area contributed by atoms with Crippen molar-refractivity contribution in [2.75, 3.05) is 19.6 Å². The number of nitrogens with one attached hydrogen (secondary N) is 1. The second kappa shape index (κ2) is 3.64. The van der Waals surface area contributed by atoms with Crippen LogP contribution >= 0.6 is 0 Å². The highest BCUT2D eigenvalue weighted by Gasteiger charge is 2.34. The van der Waals surface area contributed by atoms with Crippen molar-refractivity contribution < 1.29 is 4.79 Å². The van der Waals surface area contributed by atoms with E-state index in [-0.39, 0.29) is 11.9 Å². The van der Waals surface area contributed by atoms with Gasteiger partial charge in [-0.05, 0) is 12.8 Å². The van der Waals surface area contributed by atoms with Gasteiger partial charge in [0.25, 0.3) is 0 Å². The zero-order valence-electron chi connectivity index (χ0n) is 7.83. The van der Waals surface area contributed by atoms with E-state index in [4.69, 9.17) is 5.73 Å². The number of amides is 1. The van der Waals surface area contributed by atoms with Gasteiger partial charge in [0.15, 0.2) is 0 Å². The van der Waals surface area contributed by atoms with Crippen LogP contribution in [0.3, 0.4) is 0 Å². The summed E-state index contributed by atoms with van der Waals surface area (Å²) in [5, 5.41) is 3.21. The molecule has 0 aromatic rings. The number of hydrogen-bond donors (Lipinski definition) is 2. The third kappa shape index (κ3) is 1.69. The van der Waals surface area contributed by atoms with Gasteiger partial charge in [0.2, 0.25) is 5.91 Å². The summed E-state index contributed by atoms with van der Waals surface area (Å²) < 4.78 is 0. The Labute approximate surface area is 78.5 Å². The van der Waals surface area contributed by atoms with Crippen molar-refractivity contribution in [1.29, 1.82) is 0 Å². The Morgan fingerprint density at radius 3 is 2.77 bits per heavy atom. The van der Waals surface area contributed by atoms with Crippen molar-refractivity contribution in [2.45, 2.75) is 31.3 Å². The zero-order valence-corrected chi connectivity index (χ0v) is 7.83. The maximum absolute atomic E-state index is 11.1. The van der Waals surface area contributed by atoms with Gasteiger partial charge in [0, 0.05) is 25.7 Å². The van der Waals surface area contributed by atoms with E-state index in [9.17, 15) is 4.79 Å². The van der Waals surface area contributed by atoms with E-state index in [0.29, 0.717) is 6.04 Å². The largest absolute Gasteiger partial charge is 0.368 e. The topological polar surface area (TPSA) is 58.4 Å². The number of primary amides is 1. The molecule has 1 atom stereocenters. The SMILES string of the molecule is NC(=O)C1CNCCN1C1CCC1. The molecule has 2 aliphatic rings. The fourth-order valence-corrected chi connectivity index (χ4v) is 2.14. The quantitative estimate of drug-likeness (QED) is 0.595. The summed E-state index contributed by atoms with van der Waals surface area (Å²) in [7, 11) is 0. The number of carbonyl (C=O) groups excluding carboxylic acids is 1. The lowest BCUT2D eigenvalue weighted by Crippen LogP contribution is -2.61. The summed E-state index contributed by atoms with van der Waals surface area (Å²) in [6.07, 6.45) is 3.79. The molecule has 2 fully saturated rings. The molecule has 0 aromatic heterocycles. The molecule has 1 aliphatic heterocycles. The molecular weight excluding hydrogens is 166 g/mol.